The summed E-state index contributed by atoms with van der Waals surface area (Å²) in [6.07, 6.45) is 5.10. The summed E-state index contributed by atoms with van der Waals surface area (Å²) in [4.78, 5) is 12.5. The summed E-state index contributed by atoms with van der Waals surface area (Å²) in [6, 6.07) is 4.65. The van der Waals surface area contributed by atoms with Gasteiger partial charge >= 0.3 is 0 Å². The van der Waals surface area contributed by atoms with Gasteiger partial charge in [-0.05, 0) is 38.3 Å². The van der Waals surface area contributed by atoms with Gasteiger partial charge in [0.25, 0.3) is 5.91 Å². The summed E-state index contributed by atoms with van der Waals surface area (Å²) in [7, 11) is 0. The van der Waals surface area contributed by atoms with E-state index in [1.807, 2.05) is 17.8 Å². The molecule has 2 heterocycles. The first-order valence-electron chi connectivity index (χ1n) is 8.30. The SMILES string of the molecule is CCn1cc([C@H]2OCCC[C@@H]2NC(=O)c2cccc(C)c2F)cn1. The van der Waals surface area contributed by atoms with Crippen molar-refractivity contribution in [3.05, 3.63) is 53.1 Å². The van der Waals surface area contributed by atoms with Crippen LogP contribution in [-0.4, -0.2) is 28.3 Å². The predicted molar refractivity (Wildman–Crippen MR) is 88.2 cm³/mol. The quantitative estimate of drug-likeness (QED) is 0.937. The standard InChI is InChI=1S/C18H22FN3O2/c1-3-22-11-13(10-20-22)17-15(8-5-9-24-17)21-18(23)14-7-4-6-12(2)16(14)19/h4,6-7,10-11,15,17H,3,5,8-9H2,1-2H3,(H,21,23)/t15-,17+/m0/s1. The van der Waals surface area contributed by atoms with Crippen molar-refractivity contribution in [3.8, 4) is 0 Å². The normalized spacial score (nSPS) is 20.8. The highest BCUT2D eigenvalue weighted by atomic mass is 19.1. The first kappa shape index (κ1) is 16.6. The molecule has 1 saturated heterocycles. The minimum Gasteiger partial charge on any atom is -0.371 e. The maximum atomic E-state index is 14.2. The molecule has 0 bridgehead atoms. The van der Waals surface area contributed by atoms with Crippen LogP contribution in [0.2, 0.25) is 0 Å². The fraction of sp³-hybridized carbons (Fsp3) is 0.444. The minimum atomic E-state index is -0.470. The molecule has 1 fully saturated rings. The van der Waals surface area contributed by atoms with Crippen LogP contribution in [0.1, 0.15) is 47.4 Å². The van der Waals surface area contributed by atoms with Crippen molar-refractivity contribution in [1.29, 1.82) is 0 Å². The van der Waals surface area contributed by atoms with Crippen LogP contribution in [0.25, 0.3) is 0 Å². The highest BCUT2D eigenvalue weighted by Crippen LogP contribution is 2.28. The molecule has 0 saturated carbocycles. The molecule has 0 spiro atoms. The highest BCUT2D eigenvalue weighted by Gasteiger charge is 2.30. The number of aryl methyl sites for hydroxylation is 2. The van der Waals surface area contributed by atoms with Gasteiger partial charge in [-0.1, -0.05) is 12.1 Å². The first-order chi connectivity index (χ1) is 11.6. The average molecular weight is 331 g/mol. The van der Waals surface area contributed by atoms with Crippen molar-refractivity contribution >= 4 is 5.91 Å². The lowest BCUT2D eigenvalue weighted by Crippen LogP contribution is -2.43. The first-order valence-corrected chi connectivity index (χ1v) is 8.30. The zero-order valence-electron chi connectivity index (χ0n) is 14.0. The Balaban J connectivity index is 1.78. The Kier molecular flexibility index (Phi) is 4.94. The summed E-state index contributed by atoms with van der Waals surface area (Å²) >= 11 is 0. The van der Waals surface area contributed by atoms with Gasteiger partial charge < -0.3 is 10.1 Å². The van der Waals surface area contributed by atoms with Crippen LogP contribution in [0, 0.1) is 12.7 Å². The number of ether oxygens (including phenoxy) is 1. The smallest absolute Gasteiger partial charge is 0.254 e. The van der Waals surface area contributed by atoms with Gasteiger partial charge in [0.15, 0.2) is 0 Å². The third kappa shape index (κ3) is 3.33. The number of aromatic nitrogens is 2. The molecule has 2 aromatic rings. The average Bonchev–Trinajstić information content (AvgIpc) is 3.06. The van der Waals surface area contributed by atoms with E-state index < -0.39 is 11.7 Å². The fourth-order valence-corrected chi connectivity index (χ4v) is 3.03. The molecule has 1 aromatic carbocycles. The number of carbonyl (C=O) groups excluding carboxylic acids is 1. The van der Waals surface area contributed by atoms with E-state index in [0.717, 1.165) is 24.9 Å². The van der Waals surface area contributed by atoms with Crippen molar-refractivity contribution in [1.82, 2.24) is 15.1 Å². The zero-order chi connectivity index (χ0) is 17.1. The summed E-state index contributed by atoms with van der Waals surface area (Å²) < 4.78 is 21.9. The van der Waals surface area contributed by atoms with E-state index in [-0.39, 0.29) is 17.7 Å². The van der Waals surface area contributed by atoms with Crippen LogP contribution >= 0.6 is 0 Å². The van der Waals surface area contributed by atoms with Crippen LogP contribution in [0.15, 0.2) is 30.6 Å². The van der Waals surface area contributed by atoms with Gasteiger partial charge in [0.2, 0.25) is 0 Å². The number of hydrogen-bond donors (Lipinski definition) is 1. The second-order valence-electron chi connectivity index (χ2n) is 6.08. The zero-order valence-corrected chi connectivity index (χ0v) is 14.0. The van der Waals surface area contributed by atoms with Crippen LogP contribution in [0.3, 0.4) is 0 Å². The predicted octanol–water partition coefficient (Wildman–Crippen LogP) is 3.00. The molecule has 24 heavy (non-hydrogen) atoms. The number of amides is 1. The van der Waals surface area contributed by atoms with E-state index in [9.17, 15) is 9.18 Å². The Bertz CT molecular complexity index is 729. The molecule has 0 aliphatic carbocycles. The van der Waals surface area contributed by atoms with Gasteiger partial charge in [0.05, 0.1) is 17.8 Å². The molecule has 1 aromatic heterocycles. The van der Waals surface area contributed by atoms with E-state index in [0.29, 0.717) is 12.2 Å². The Morgan fingerprint density at radius 3 is 3.08 bits per heavy atom. The number of carbonyl (C=O) groups is 1. The second-order valence-corrected chi connectivity index (χ2v) is 6.08. The number of nitrogens with zero attached hydrogens (tertiary/aromatic N) is 2. The molecule has 1 amide bonds. The summed E-state index contributed by atoms with van der Waals surface area (Å²) in [5.74, 6) is -0.873. The summed E-state index contributed by atoms with van der Waals surface area (Å²) in [5.41, 5.74) is 1.47. The lowest BCUT2D eigenvalue weighted by Gasteiger charge is -2.31. The number of rotatable bonds is 4. The lowest BCUT2D eigenvalue weighted by molar-refractivity contribution is -0.00955. The second kappa shape index (κ2) is 7.13. The van der Waals surface area contributed by atoms with Crippen molar-refractivity contribution in [2.24, 2.45) is 0 Å². The van der Waals surface area contributed by atoms with Gasteiger partial charge in [-0.25, -0.2) is 4.39 Å². The number of hydrogen-bond acceptors (Lipinski definition) is 3. The maximum Gasteiger partial charge on any atom is 0.254 e. The third-order valence-electron chi connectivity index (χ3n) is 4.38. The minimum absolute atomic E-state index is 0.0728. The summed E-state index contributed by atoms with van der Waals surface area (Å²) in [5, 5.41) is 7.21. The van der Waals surface area contributed by atoms with Crippen molar-refractivity contribution in [2.45, 2.75) is 45.4 Å². The van der Waals surface area contributed by atoms with E-state index in [2.05, 4.69) is 10.4 Å². The molecular formula is C18H22FN3O2. The van der Waals surface area contributed by atoms with Crippen molar-refractivity contribution < 1.29 is 13.9 Å². The Labute approximate surface area is 140 Å². The van der Waals surface area contributed by atoms with E-state index in [4.69, 9.17) is 4.74 Å². The molecule has 1 N–H and O–H groups in total. The molecule has 3 rings (SSSR count). The molecule has 6 heteroatoms. The van der Waals surface area contributed by atoms with Crippen LogP contribution < -0.4 is 5.32 Å². The Morgan fingerprint density at radius 2 is 2.33 bits per heavy atom. The maximum absolute atomic E-state index is 14.2. The lowest BCUT2D eigenvalue weighted by atomic mass is 9.97. The number of nitrogens with one attached hydrogen (secondary N) is 1. The van der Waals surface area contributed by atoms with Crippen molar-refractivity contribution in [2.75, 3.05) is 6.61 Å². The van der Waals surface area contributed by atoms with Gasteiger partial charge in [-0.2, -0.15) is 5.10 Å². The van der Waals surface area contributed by atoms with Crippen molar-refractivity contribution in [3.63, 3.8) is 0 Å². The highest BCUT2D eigenvalue weighted by molar-refractivity contribution is 5.94. The largest absolute Gasteiger partial charge is 0.371 e. The molecule has 0 unspecified atom stereocenters. The molecule has 0 radical (unpaired) electrons. The van der Waals surface area contributed by atoms with E-state index in [1.165, 1.54) is 6.07 Å². The molecule has 1 aliphatic rings. The molecule has 2 atom stereocenters. The molecular weight excluding hydrogens is 309 g/mol. The molecule has 1 aliphatic heterocycles. The van der Waals surface area contributed by atoms with Crippen LogP contribution in [0.4, 0.5) is 4.39 Å². The topological polar surface area (TPSA) is 56.1 Å². The monoisotopic (exact) mass is 331 g/mol. The van der Waals surface area contributed by atoms with Gasteiger partial charge in [0, 0.05) is 24.9 Å². The van der Waals surface area contributed by atoms with Gasteiger partial charge in [0.1, 0.15) is 11.9 Å². The van der Waals surface area contributed by atoms with Gasteiger partial charge in [-0.3, -0.25) is 9.48 Å². The van der Waals surface area contributed by atoms with Crippen LogP contribution in [0.5, 0.6) is 0 Å². The third-order valence-corrected chi connectivity index (χ3v) is 4.38. The summed E-state index contributed by atoms with van der Waals surface area (Å²) in [6.45, 7) is 5.08. The fourth-order valence-electron chi connectivity index (χ4n) is 3.03. The molecule has 5 nitrogen and oxygen atoms in total. The Hall–Kier alpha value is -2.21. The number of halogens is 1. The molecule has 128 valence electrons. The number of benzene rings is 1. The van der Waals surface area contributed by atoms with E-state index in [1.54, 1.807) is 25.3 Å². The Morgan fingerprint density at radius 1 is 1.50 bits per heavy atom. The van der Waals surface area contributed by atoms with Gasteiger partial charge in [-0.15, -0.1) is 0 Å². The van der Waals surface area contributed by atoms with Crippen LogP contribution in [-0.2, 0) is 11.3 Å². The van der Waals surface area contributed by atoms with E-state index >= 15 is 0 Å².